The zero-order chi connectivity index (χ0) is 10.0. The summed E-state index contributed by atoms with van der Waals surface area (Å²) >= 11 is 0. The fourth-order valence-electron chi connectivity index (χ4n) is 1.95. The number of benzene rings is 1. The van der Waals surface area contributed by atoms with E-state index >= 15 is 0 Å². The van der Waals surface area contributed by atoms with Gasteiger partial charge >= 0.3 is 0 Å². The van der Waals surface area contributed by atoms with Crippen LogP contribution in [0.2, 0.25) is 0 Å². The number of rotatable bonds is 2. The first-order valence-electron chi connectivity index (χ1n) is 5.09. The van der Waals surface area contributed by atoms with E-state index in [1.54, 1.807) is 0 Å². The molecule has 1 saturated heterocycles. The lowest BCUT2D eigenvalue weighted by molar-refractivity contribution is -0.0268. The van der Waals surface area contributed by atoms with Crippen LogP contribution in [-0.4, -0.2) is 23.4 Å². The second-order valence-corrected chi connectivity index (χ2v) is 4.03. The fourth-order valence-corrected chi connectivity index (χ4v) is 1.95. The Morgan fingerprint density at radius 2 is 2.14 bits per heavy atom. The molecule has 14 heavy (non-hydrogen) atoms. The van der Waals surface area contributed by atoms with E-state index < -0.39 is 5.60 Å². The van der Waals surface area contributed by atoms with Gasteiger partial charge in [-0.25, -0.2) is 0 Å². The van der Waals surface area contributed by atoms with E-state index in [0.29, 0.717) is 13.0 Å². The molecule has 0 bridgehead atoms. The van der Waals surface area contributed by atoms with E-state index in [0.717, 1.165) is 6.42 Å². The van der Waals surface area contributed by atoms with Gasteiger partial charge in [-0.15, -0.1) is 0 Å². The molecule has 1 N–H and O–H groups in total. The van der Waals surface area contributed by atoms with Crippen molar-refractivity contribution in [2.24, 2.45) is 0 Å². The van der Waals surface area contributed by atoms with Gasteiger partial charge in [0.1, 0.15) is 0 Å². The highest BCUT2D eigenvalue weighted by molar-refractivity contribution is 5.18. The minimum absolute atomic E-state index is 0.0530. The second kappa shape index (κ2) is 3.71. The average Bonchev–Trinajstić information content (AvgIpc) is 2.48. The lowest BCUT2D eigenvalue weighted by Crippen LogP contribution is -2.38. The molecule has 1 aliphatic rings. The Balaban J connectivity index is 2.10. The van der Waals surface area contributed by atoms with Gasteiger partial charge in [-0.3, -0.25) is 0 Å². The molecule has 1 aromatic rings. The van der Waals surface area contributed by atoms with Crippen molar-refractivity contribution in [2.45, 2.75) is 31.5 Å². The van der Waals surface area contributed by atoms with Gasteiger partial charge < -0.3 is 9.84 Å². The van der Waals surface area contributed by atoms with Gasteiger partial charge in [-0.1, -0.05) is 30.3 Å². The maximum absolute atomic E-state index is 10.3. The Morgan fingerprint density at radius 3 is 2.71 bits per heavy atom. The minimum atomic E-state index is -0.665. The van der Waals surface area contributed by atoms with Crippen molar-refractivity contribution in [1.29, 1.82) is 0 Å². The smallest absolute Gasteiger partial charge is 0.0967 e. The summed E-state index contributed by atoms with van der Waals surface area (Å²) in [5.41, 5.74) is 0.508. The van der Waals surface area contributed by atoms with Crippen LogP contribution in [0.3, 0.4) is 0 Å². The molecule has 2 atom stereocenters. The SMILES string of the molecule is CC1OCCC1(O)Cc1ccccc1. The third-order valence-electron chi connectivity index (χ3n) is 3.01. The Kier molecular flexibility index (Phi) is 2.57. The monoisotopic (exact) mass is 192 g/mol. The predicted molar refractivity (Wildman–Crippen MR) is 55.1 cm³/mol. The summed E-state index contributed by atoms with van der Waals surface area (Å²) in [6.07, 6.45) is 1.38. The summed E-state index contributed by atoms with van der Waals surface area (Å²) < 4.78 is 5.39. The third-order valence-corrected chi connectivity index (χ3v) is 3.01. The number of aliphatic hydroxyl groups is 1. The molecule has 1 aliphatic heterocycles. The van der Waals surface area contributed by atoms with E-state index in [1.165, 1.54) is 5.56 Å². The highest BCUT2D eigenvalue weighted by Gasteiger charge is 2.39. The number of hydrogen-bond donors (Lipinski definition) is 1. The summed E-state index contributed by atoms with van der Waals surface area (Å²) in [5, 5.41) is 10.3. The molecule has 0 aromatic heterocycles. The Labute approximate surface area is 84.5 Å². The Bertz CT molecular complexity index is 296. The van der Waals surface area contributed by atoms with Crippen molar-refractivity contribution in [3.05, 3.63) is 35.9 Å². The van der Waals surface area contributed by atoms with Gasteiger partial charge in [-0.05, 0) is 12.5 Å². The van der Waals surface area contributed by atoms with Crippen molar-refractivity contribution in [3.8, 4) is 0 Å². The summed E-state index contributed by atoms with van der Waals surface area (Å²) in [5.74, 6) is 0. The average molecular weight is 192 g/mol. The lowest BCUT2D eigenvalue weighted by Gasteiger charge is -2.25. The molecule has 0 saturated carbocycles. The van der Waals surface area contributed by atoms with Gasteiger partial charge in [0.25, 0.3) is 0 Å². The van der Waals surface area contributed by atoms with Gasteiger partial charge in [-0.2, -0.15) is 0 Å². The first kappa shape index (κ1) is 9.69. The van der Waals surface area contributed by atoms with Crippen LogP contribution in [0.25, 0.3) is 0 Å². The van der Waals surface area contributed by atoms with E-state index in [4.69, 9.17) is 4.74 Å². The van der Waals surface area contributed by atoms with Gasteiger partial charge in [0.2, 0.25) is 0 Å². The maximum atomic E-state index is 10.3. The van der Waals surface area contributed by atoms with Gasteiger partial charge in [0.15, 0.2) is 0 Å². The summed E-state index contributed by atoms with van der Waals surface area (Å²) in [4.78, 5) is 0. The van der Waals surface area contributed by atoms with Crippen LogP contribution in [0.5, 0.6) is 0 Å². The number of hydrogen-bond acceptors (Lipinski definition) is 2. The topological polar surface area (TPSA) is 29.5 Å². The molecular formula is C12H16O2. The zero-order valence-corrected chi connectivity index (χ0v) is 8.44. The molecule has 1 fully saturated rings. The molecule has 2 rings (SSSR count). The van der Waals surface area contributed by atoms with Crippen molar-refractivity contribution < 1.29 is 9.84 Å². The van der Waals surface area contributed by atoms with Gasteiger partial charge in [0.05, 0.1) is 11.7 Å². The summed E-state index contributed by atoms with van der Waals surface area (Å²) in [6.45, 7) is 2.61. The first-order valence-corrected chi connectivity index (χ1v) is 5.09. The highest BCUT2D eigenvalue weighted by Crippen LogP contribution is 2.29. The lowest BCUT2D eigenvalue weighted by atomic mass is 9.89. The van der Waals surface area contributed by atoms with Crippen molar-refractivity contribution >= 4 is 0 Å². The molecule has 0 spiro atoms. The van der Waals surface area contributed by atoms with E-state index in [2.05, 4.69) is 0 Å². The molecule has 0 radical (unpaired) electrons. The molecule has 0 amide bonds. The van der Waals surface area contributed by atoms with Crippen LogP contribution < -0.4 is 0 Å². The summed E-state index contributed by atoms with van der Waals surface area (Å²) in [7, 11) is 0. The Morgan fingerprint density at radius 1 is 1.43 bits per heavy atom. The zero-order valence-electron chi connectivity index (χ0n) is 8.44. The van der Waals surface area contributed by atoms with E-state index in [9.17, 15) is 5.11 Å². The molecule has 2 heteroatoms. The van der Waals surface area contributed by atoms with Crippen LogP contribution in [0.4, 0.5) is 0 Å². The van der Waals surface area contributed by atoms with Crippen LogP contribution in [0, 0.1) is 0 Å². The van der Waals surface area contributed by atoms with E-state index in [1.807, 2.05) is 37.3 Å². The van der Waals surface area contributed by atoms with Crippen molar-refractivity contribution in [3.63, 3.8) is 0 Å². The Hall–Kier alpha value is -0.860. The van der Waals surface area contributed by atoms with Crippen LogP contribution in [0.1, 0.15) is 18.9 Å². The van der Waals surface area contributed by atoms with Crippen LogP contribution >= 0.6 is 0 Å². The normalized spacial score (nSPS) is 32.0. The predicted octanol–water partition coefficient (Wildman–Crippen LogP) is 1.77. The number of ether oxygens (including phenoxy) is 1. The minimum Gasteiger partial charge on any atom is -0.387 e. The summed E-state index contributed by atoms with van der Waals surface area (Å²) in [6, 6.07) is 10.1. The quantitative estimate of drug-likeness (QED) is 0.773. The second-order valence-electron chi connectivity index (χ2n) is 4.03. The molecule has 1 heterocycles. The molecule has 1 aromatic carbocycles. The maximum Gasteiger partial charge on any atom is 0.0967 e. The van der Waals surface area contributed by atoms with Crippen LogP contribution in [0.15, 0.2) is 30.3 Å². The first-order chi connectivity index (χ1) is 6.71. The molecular weight excluding hydrogens is 176 g/mol. The molecule has 76 valence electrons. The van der Waals surface area contributed by atoms with Crippen molar-refractivity contribution in [2.75, 3.05) is 6.61 Å². The fraction of sp³-hybridized carbons (Fsp3) is 0.500. The largest absolute Gasteiger partial charge is 0.387 e. The molecule has 2 unspecified atom stereocenters. The van der Waals surface area contributed by atoms with Crippen molar-refractivity contribution in [1.82, 2.24) is 0 Å². The highest BCUT2D eigenvalue weighted by atomic mass is 16.5. The standard InChI is InChI=1S/C12H16O2/c1-10-12(13,7-8-14-10)9-11-5-3-2-4-6-11/h2-6,10,13H,7-9H2,1H3. The third kappa shape index (κ3) is 1.81. The molecule has 2 nitrogen and oxygen atoms in total. The van der Waals surface area contributed by atoms with Gasteiger partial charge in [0, 0.05) is 19.4 Å². The van der Waals surface area contributed by atoms with Crippen LogP contribution in [-0.2, 0) is 11.2 Å². The molecule has 0 aliphatic carbocycles. The van der Waals surface area contributed by atoms with E-state index in [-0.39, 0.29) is 6.10 Å².